The Hall–Kier alpha value is -1.79. The third kappa shape index (κ3) is 4.40. The minimum Gasteiger partial charge on any atom is -0.338 e. The van der Waals surface area contributed by atoms with Crippen molar-refractivity contribution in [2.45, 2.75) is 12.8 Å². The van der Waals surface area contributed by atoms with Crippen LogP contribution in [0.1, 0.15) is 12.2 Å². The van der Waals surface area contributed by atoms with Crippen molar-refractivity contribution < 1.29 is 4.79 Å². The van der Waals surface area contributed by atoms with Crippen LogP contribution in [0.4, 0.5) is 10.5 Å². The summed E-state index contributed by atoms with van der Waals surface area (Å²) < 4.78 is 0. The summed E-state index contributed by atoms with van der Waals surface area (Å²) in [5.74, 6) is 0.796. The Bertz CT molecular complexity index is 573. The third-order valence-electron chi connectivity index (χ3n) is 2.52. The Morgan fingerprint density at radius 3 is 2.95 bits per heavy atom. The molecule has 0 bridgehead atoms. The van der Waals surface area contributed by atoms with Gasteiger partial charge in [-0.05, 0) is 24.6 Å². The number of H-pyrrole nitrogens is 1. The van der Waals surface area contributed by atoms with E-state index in [1.165, 1.54) is 6.33 Å². The van der Waals surface area contributed by atoms with Gasteiger partial charge in [-0.3, -0.25) is 5.10 Å². The molecule has 0 aliphatic rings. The number of aromatic nitrogens is 3. The smallest absolute Gasteiger partial charge is 0.319 e. The normalized spacial score (nSPS) is 10.3. The Balaban J connectivity index is 1.73. The molecule has 0 fully saturated rings. The molecule has 0 unspecified atom stereocenters. The van der Waals surface area contributed by atoms with Crippen LogP contribution in [-0.2, 0) is 6.42 Å². The number of aryl methyl sites for hydroxylation is 1. The maximum atomic E-state index is 11.7. The van der Waals surface area contributed by atoms with Crippen molar-refractivity contribution >= 4 is 34.9 Å². The maximum absolute atomic E-state index is 11.7. The average molecular weight is 314 g/mol. The first kappa shape index (κ1) is 14.6. The Labute approximate surface area is 125 Å². The molecule has 1 heterocycles. The van der Waals surface area contributed by atoms with E-state index in [9.17, 15) is 4.79 Å². The summed E-state index contributed by atoms with van der Waals surface area (Å²) in [6.07, 6.45) is 2.93. The quantitative estimate of drug-likeness (QED) is 0.742. The van der Waals surface area contributed by atoms with Crippen molar-refractivity contribution in [3.8, 4) is 0 Å². The van der Waals surface area contributed by atoms with Gasteiger partial charge in [0.25, 0.3) is 0 Å². The number of amides is 2. The van der Waals surface area contributed by atoms with E-state index in [2.05, 4.69) is 25.8 Å². The number of hydrogen-bond donors (Lipinski definition) is 3. The molecule has 6 nitrogen and oxygen atoms in total. The lowest BCUT2D eigenvalue weighted by Gasteiger charge is -2.09. The molecule has 2 rings (SSSR count). The van der Waals surface area contributed by atoms with Crippen LogP contribution in [0.15, 0.2) is 24.5 Å². The zero-order chi connectivity index (χ0) is 14.4. The van der Waals surface area contributed by atoms with Gasteiger partial charge < -0.3 is 10.6 Å². The maximum Gasteiger partial charge on any atom is 0.319 e. The van der Waals surface area contributed by atoms with Crippen LogP contribution < -0.4 is 10.6 Å². The van der Waals surface area contributed by atoms with Crippen LogP contribution in [0.5, 0.6) is 0 Å². The second-order valence-electron chi connectivity index (χ2n) is 4.04. The topological polar surface area (TPSA) is 82.7 Å². The molecule has 2 aromatic rings. The van der Waals surface area contributed by atoms with Crippen molar-refractivity contribution in [2.75, 3.05) is 11.9 Å². The number of rotatable bonds is 5. The number of nitrogens with one attached hydrogen (secondary N) is 3. The Morgan fingerprint density at radius 1 is 1.35 bits per heavy atom. The second-order valence-corrected chi connectivity index (χ2v) is 4.88. The van der Waals surface area contributed by atoms with Crippen LogP contribution >= 0.6 is 23.2 Å². The van der Waals surface area contributed by atoms with Crippen LogP contribution in [0.25, 0.3) is 0 Å². The summed E-state index contributed by atoms with van der Waals surface area (Å²) in [7, 11) is 0. The number of carbonyl (C=O) groups excluding carboxylic acids is 1. The summed E-state index contributed by atoms with van der Waals surface area (Å²) in [5.41, 5.74) is 0.479. The lowest BCUT2D eigenvalue weighted by atomic mass is 10.3. The van der Waals surface area contributed by atoms with Crippen molar-refractivity contribution in [1.82, 2.24) is 20.5 Å². The van der Waals surface area contributed by atoms with Crippen molar-refractivity contribution in [1.29, 1.82) is 0 Å². The van der Waals surface area contributed by atoms with Gasteiger partial charge in [-0.1, -0.05) is 23.2 Å². The van der Waals surface area contributed by atoms with Gasteiger partial charge in [0.2, 0.25) is 0 Å². The fourth-order valence-electron chi connectivity index (χ4n) is 1.57. The van der Waals surface area contributed by atoms with Gasteiger partial charge >= 0.3 is 6.03 Å². The summed E-state index contributed by atoms with van der Waals surface area (Å²) in [5, 5.41) is 12.8. The first-order chi connectivity index (χ1) is 9.65. The SMILES string of the molecule is O=C(NCCCc1ncn[nH]1)Nc1cc(Cl)ccc1Cl. The highest BCUT2D eigenvalue weighted by Crippen LogP contribution is 2.25. The summed E-state index contributed by atoms with van der Waals surface area (Å²) in [6.45, 7) is 0.519. The molecular weight excluding hydrogens is 301 g/mol. The minimum atomic E-state index is -0.327. The molecule has 0 saturated carbocycles. The molecule has 106 valence electrons. The predicted molar refractivity (Wildman–Crippen MR) is 78.2 cm³/mol. The lowest BCUT2D eigenvalue weighted by Crippen LogP contribution is -2.29. The summed E-state index contributed by atoms with van der Waals surface area (Å²) in [4.78, 5) is 15.7. The number of halogens is 2. The van der Waals surface area contributed by atoms with E-state index in [4.69, 9.17) is 23.2 Å². The van der Waals surface area contributed by atoms with Gasteiger partial charge in [0, 0.05) is 18.0 Å². The first-order valence-electron chi connectivity index (χ1n) is 5.99. The molecule has 0 saturated heterocycles. The zero-order valence-corrected chi connectivity index (χ0v) is 12.0. The van der Waals surface area contributed by atoms with E-state index in [1.54, 1.807) is 18.2 Å². The second kappa shape index (κ2) is 7.12. The van der Waals surface area contributed by atoms with Gasteiger partial charge in [-0.25, -0.2) is 9.78 Å². The molecular formula is C12H13Cl2N5O. The lowest BCUT2D eigenvalue weighted by molar-refractivity contribution is 0.252. The number of benzene rings is 1. The largest absolute Gasteiger partial charge is 0.338 e. The molecule has 1 aromatic heterocycles. The molecule has 20 heavy (non-hydrogen) atoms. The highest BCUT2D eigenvalue weighted by Gasteiger charge is 2.06. The van der Waals surface area contributed by atoms with Crippen LogP contribution in [-0.4, -0.2) is 27.8 Å². The number of nitrogens with zero attached hydrogens (tertiary/aromatic N) is 2. The highest BCUT2D eigenvalue weighted by atomic mass is 35.5. The minimum absolute atomic E-state index is 0.327. The van der Waals surface area contributed by atoms with Crippen LogP contribution in [0.2, 0.25) is 10.0 Å². The van der Waals surface area contributed by atoms with Crippen LogP contribution in [0, 0.1) is 0 Å². The Kier molecular flexibility index (Phi) is 5.20. The first-order valence-corrected chi connectivity index (χ1v) is 6.75. The number of urea groups is 1. The van der Waals surface area contributed by atoms with Gasteiger partial charge in [0.15, 0.2) is 0 Å². The molecule has 0 spiro atoms. The molecule has 1 aromatic carbocycles. The summed E-state index contributed by atoms with van der Waals surface area (Å²) in [6, 6.07) is 4.55. The van der Waals surface area contributed by atoms with Gasteiger partial charge in [-0.15, -0.1) is 0 Å². The molecule has 0 radical (unpaired) electrons. The van der Waals surface area contributed by atoms with E-state index in [-0.39, 0.29) is 6.03 Å². The molecule has 0 atom stereocenters. The van der Waals surface area contributed by atoms with Gasteiger partial charge in [0.05, 0.1) is 10.7 Å². The molecule has 2 amide bonds. The molecule has 0 aliphatic carbocycles. The zero-order valence-electron chi connectivity index (χ0n) is 10.5. The monoisotopic (exact) mass is 313 g/mol. The van der Waals surface area contributed by atoms with E-state index < -0.39 is 0 Å². The molecule has 0 aliphatic heterocycles. The highest BCUT2D eigenvalue weighted by molar-refractivity contribution is 6.35. The molecule has 3 N–H and O–H groups in total. The summed E-state index contributed by atoms with van der Waals surface area (Å²) >= 11 is 11.8. The van der Waals surface area contributed by atoms with Gasteiger partial charge in [0.1, 0.15) is 12.2 Å². The van der Waals surface area contributed by atoms with Crippen molar-refractivity contribution in [3.05, 3.63) is 40.4 Å². The third-order valence-corrected chi connectivity index (χ3v) is 3.08. The molecule has 8 heteroatoms. The van der Waals surface area contributed by atoms with E-state index in [0.29, 0.717) is 22.3 Å². The number of carbonyl (C=O) groups is 1. The number of anilines is 1. The van der Waals surface area contributed by atoms with Crippen LogP contribution in [0.3, 0.4) is 0 Å². The standard InChI is InChI=1S/C12H13Cl2N5O/c13-8-3-4-9(14)10(6-8)18-12(20)15-5-1-2-11-16-7-17-19-11/h3-4,6-7H,1-2,5H2,(H2,15,18,20)(H,16,17,19). The Morgan fingerprint density at radius 2 is 2.20 bits per heavy atom. The van der Waals surface area contributed by atoms with E-state index in [0.717, 1.165) is 18.7 Å². The van der Waals surface area contributed by atoms with Crippen molar-refractivity contribution in [2.24, 2.45) is 0 Å². The van der Waals surface area contributed by atoms with Crippen molar-refractivity contribution in [3.63, 3.8) is 0 Å². The van der Waals surface area contributed by atoms with Gasteiger partial charge in [-0.2, -0.15) is 5.10 Å². The average Bonchev–Trinajstić information content (AvgIpc) is 2.92. The number of aromatic amines is 1. The fraction of sp³-hybridized carbons (Fsp3) is 0.250. The number of hydrogen-bond acceptors (Lipinski definition) is 3. The fourth-order valence-corrected chi connectivity index (χ4v) is 1.91. The van der Waals surface area contributed by atoms with E-state index in [1.807, 2.05) is 0 Å². The van der Waals surface area contributed by atoms with E-state index >= 15 is 0 Å². The predicted octanol–water partition coefficient (Wildman–Crippen LogP) is 2.87.